The number of rotatable bonds is 6. The molecule has 140 valence electrons. The van der Waals surface area contributed by atoms with Crippen LogP contribution in [0.4, 0.5) is 9.59 Å². The normalized spacial score (nSPS) is 24.0. The zero-order valence-corrected chi connectivity index (χ0v) is 14.9. The zero-order valence-electron chi connectivity index (χ0n) is 14.9. The number of nitrogens with zero attached hydrogens (tertiary/aromatic N) is 2. The average molecular weight is 356 g/mol. The average Bonchev–Trinajstić information content (AvgIpc) is 3.25. The van der Waals surface area contributed by atoms with Crippen molar-refractivity contribution in [1.82, 2.24) is 10.0 Å². The number of carbonyl (C=O) groups is 3. The first-order valence-electron chi connectivity index (χ1n) is 8.34. The number of fused-ring (bicyclic) bond motifs is 1. The van der Waals surface area contributed by atoms with Crippen LogP contribution in [0.5, 0.6) is 0 Å². The lowest BCUT2D eigenvalue weighted by Crippen LogP contribution is -2.53. The largest absolute Gasteiger partial charge is 0.481 e. The van der Waals surface area contributed by atoms with Gasteiger partial charge < -0.3 is 18.9 Å². The summed E-state index contributed by atoms with van der Waals surface area (Å²) in [5.41, 5.74) is 0. The Bertz CT molecular complexity index is 563. The van der Waals surface area contributed by atoms with E-state index in [0.717, 1.165) is 5.01 Å². The minimum atomic E-state index is -0.746. The SMILES string of the molecule is CCOC(=O)C[C@@H]1[C@@H]2C=C(OC)N(C(=O)OCC)N(C(=O)OCC)[C@@H]21. The Kier molecular flexibility index (Phi) is 6.11. The van der Waals surface area contributed by atoms with Crippen LogP contribution in [0.1, 0.15) is 27.2 Å². The Morgan fingerprint density at radius 2 is 1.60 bits per heavy atom. The quantitative estimate of drug-likeness (QED) is 0.530. The number of hydrogen-bond donors (Lipinski definition) is 0. The molecular formula is C16H24N2O7. The number of carbonyl (C=O) groups excluding carboxylic acids is 3. The van der Waals surface area contributed by atoms with Crippen LogP contribution in [0.15, 0.2) is 12.0 Å². The molecule has 0 N–H and O–H groups in total. The predicted octanol–water partition coefficient (Wildman–Crippen LogP) is 1.89. The third kappa shape index (κ3) is 3.80. The molecule has 2 rings (SSSR count). The lowest BCUT2D eigenvalue weighted by Gasteiger charge is -2.35. The second-order valence-corrected chi connectivity index (χ2v) is 5.50. The fourth-order valence-corrected chi connectivity index (χ4v) is 3.00. The van der Waals surface area contributed by atoms with Crippen LogP contribution in [0.3, 0.4) is 0 Å². The molecule has 2 aliphatic rings. The van der Waals surface area contributed by atoms with E-state index in [-0.39, 0.29) is 56.0 Å². The number of amides is 2. The van der Waals surface area contributed by atoms with Crippen molar-refractivity contribution in [1.29, 1.82) is 0 Å². The van der Waals surface area contributed by atoms with E-state index >= 15 is 0 Å². The Morgan fingerprint density at radius 3 is 2.16 bits per heavy atom. The summed E-state index contributed by atoms with van der Waals surface area (Å²) in [5, 5.41) is 2.20. The maximum absolute atomic E-state index is 12.4. The summed E-state index contributed by atoms with van der Waals surface area (Å²) >= 11 is 0. The van der Waals surface area contributed by atoms with Gasteiger partial charge in [-0.3, -0.25) is 4.79 Å². The molecule has 0 radical (unpaired) electrons. The van der Waals surface area contributed by atoms with E-state index in [1.165, 1.54) is 12.1 Å². The topological polar surface area (TPSA) is 94.6 Å². The highest BCUT2D eigenvalue weighted by Crippen LogP contribution is 2.51. The highest BCUT2D eigenvalue weighted by molar-refractivity contribution is 5.78. The van der Waals surface area contributed by atoms with Crippen LogP contribution < -0.4 is 0 Å². The van der Waals surface area contributed by atoms with Gasteiger partial charge in [0.2, 0.25) is 5.88 Å². The van der Waals surface area contributed by atoms with Crippen LogP contribution >= 0.6 is 0 Å². The van der Waals surface area contributed by atoms with Crippen molar-refractivity contribution < 1.29 is 33.3 Å². The van der Waals surface area contributed by atoms with Gasteiger partial charge in [-0.25, -0.2) is 14.6 Å². The van der Waals surface area contributed by atoms with Gasteiger partial charge in [-0.15, -0.1) is 5.01 Å². The number of hydrazine groups is 1. The van der Waals surface area contributed by atoms with Crippen molar-refractivity contribution in [2.24, 2.45) is 11.8 Å². The van der Waals surface area contributed by atoms with Gasteiger partial charge in [0.05, 0.1) is 39.4 Å². The first kappa shape index (κ1) is 18.9. The summed E-state index contributed by atoms with van der Waals surface area (Å²) in [6, 6.07) is -0.383. The van der Waals surface area contributed by atoms with Crippen LogP contribution in [0.2, 0.25) is 0 Å². The number of esters is 1. The summed E-state index contributed by atoms with van der Waals surface area (Å²) in [6.07, 6.45) is 0.424. The van der Waals surface area contributed by atoms with E-state index in [0.29, 0.717) is 0 Å². The second kappa shape index (κ2) is 8.09. The standard InChI is InChI=1S/C16H24N2O7/c1-5-23-13(19)9-11-10-8-12(22-4)17(15(20)24-6-2)18(14(10)11)16(21)25-7-3/h8,10-11,14H,5-7,9H2,1-4H3/t10-,11+,14-/m0/s1. The van der Waals surface area contributed by atoms with Gasteiger partial charge in [0.15, 0.2) is 0 Å². The number of hydrogen-bond acceptors (Lipinski definition) is 7. The Balaban J connectivity index is 2.27. The molecule has 1 heterocycles. The molecule has 9 heteroatoms. The summed E-state index contributed by atoms with van der Waals surface area (Å²) < 4.78 is 20.3. The lowest BCUT2D eigenvalue weighted by atomic mass is 10.2. The van der Waals surface area contributed by atoms with Gasteiger partial charge in [0.1, 0.15) is 0 Å². The molecule has 1 saturated carbocycles. The molecule has 0 spiro atoms. The van der Waals surface area contributed by atoms with Crippen molar-refractivity contribution in [3.8, 4) is 0 Å². The third-order valence-electron chi connectivity index (χ3n) is 4.04. The first-order valence-corrected chi connectivity index (χ1v) is 8.34. The maximum Gasteiger partial charge on any atom is 0.436 e. The van der Waals surface area contributed by atoms with Gasteiger partial charge in [0, 0.05) is 11.8 Å². The van der Waals surface area contributed by atoms with E-state index in [2.05, 4.69) is 0 Å². The van der Waals surface area contributed by atoms with E-state index < -0.39 is 12.2 Å². The molecule has 0 saturated heterocycles. The van der Waals surface area contributed by atoms with Crippen molar-refractivity contribution in [2.75, 3.05) is 26.9 Å². The monoisotopic (exact) mass is 356 g/mol. The Hall–Kier alpha value is -2.45. The van der Waals surface area contributed by atoms with E-state index in [9.17, 15) is 14.4 Å². The molecular weight excluding hydrogens is 332 g/mol. The van der Waals surface area contributed by atoms with Gasteiger partial charge in [0.25, 0.3) is 0 Å². The summed E-state index contributed by atoms with van der Waals surface area (Å²) in [6.45, 7) is 5.65. The molecule has 1 aliphatic heterocycles. The summed E-state index contributed by atoms with van der Waals surface area (Å²) in [7, 11) is 1.39. The molecule has 0 aromatic carbocycles. The van der Waals surface area contributed by atoms with Crippen molar-refractivity contribution >= 4 is 18.2 Å². The molecule has 25 heavy (non-hydrogen) atoms. The van der Waals surface area contributed by atoms with Gasteiger partial charge >= 0.3 is 18.2 Å². The first-order chi connectivity index (χ1) is 12.0. The molecule has 1 fully saturated rings. The summed E-state index contributed by atoms with van der Waals surface area (Å²) in [5.74, 6) is -0.470. The van der Waals surface area contributed by atoms with Crippen LogP contribution in [-0.2, 0) is 23.7 Å². The lowest BCUT2D eigenvalue weighted by molar-refractivity contribution is -0.143. The van der Waals surface area contributed by atoms with Crippen molar-refractivity contribution in [3.63, 3.8) is 0 Å². The number of ether oxygens (including phenoxy) is 4. The minimum Gasteiger partial charge on any atom is -0.481 e. The van der Waals surface area contributed by atoms with Crippen molar-refractivity contribution in [2.45, 2.75) is 33.2 Å². The van der Waals surface area contributed by atoms with Crippen LogP contribution in [0.25, 0.3) is 0 Å². The van der Waals surface area contributed by atoms with Gasteiger partial charge in [-0.1, -0.05) is 0 Å². The molecule has 3 atom stereocenters. The molecule has 0 aromatic heterocycles. The molecule has 2 amide bonds. The van der Waals surface area contributed by atoms with Crippen LogP contribution in [-0.4, -0.2) is 61.1 Å². The van der Waals surface area contributed by atoms with Gasteiger partial charge in [-0.05, 0) is 26.8 Å². The predicted molar refractivity (Wildman–Crippen MR) is 84.8 cm³/mol. The Labute approximate surface area is 146 Å². The molecule has 1 aliphatic carbocycles. The second-order valence-electron chi connectivity index (χ2n) is 5.50. The summed E-state index contributed by atoms with van der Waals surface area (Å²) in [4.78, 5) is 36.5. The number of methoxy groups -OCH3 is 1. The van der Waals surface area contributed by atoms with Crippen molar-refractivity contribution in [3.05, 3.63) is 12.0 Å². The van der Waals surface area contributed by atoms with E-state index in [4.69, 9.17) is 18.9 Å². The fraction of sp³-hybridized carbons (Fsp3) is 0.688. The Morgan fingerprint density at radius 1 is 1.00 bits per heavy atom. The smallest absolute Gasteiger partial charge is 0.436 e. The highest BCUT2D eigenvalue weighted by atomic mass is 16.6. The molecule has 0 unspecified atom stereocenters. The molecule has 9 nitrogen and oxygen atoms in total. The van der Waals surface area contributed by atoms with Crippen LogP contribution in [0, 0.1) is 11.8 Å². The third-order valence-corrected chi connectivity index (χ3v) is 4.04. The minimum absolute atomic E-state index is 0.116. The maximum atomic E-state index is 12.4. The van der Waals surface area contributed by atoms with Gasteiger partial charge in [-0.2, -0.15) is 0 Å². The highest BCUT2D eigenvalue weighted by Gasteiger charge is 2.61. The fourth-order valence-electron chi connectivity index (χ4n) is 3.00. The van der Waals surface area contributed by atoms with E-state index in [1.54, 1.807) is 26.8 Å². The molecule has 0 bridgehead atoms. The zero-order chi connectivity index (χ0) is 18.6. The molecule has 0 aromatic rings. The van der Waals surface area contributed by atoms with E-state index in [1.807, 2.05) is 0 Å².